The first kappa shape index (κ1) is 19.4. The molecule has 1 aromatic carbocycles. The molecular weight excluding hydrogens is 330 g/mol. The van der Waals surface area contributed by atoms with E-state index in [0.29, 0.717) is 18.7 Å². The number of carbonyl (C=O) groups is 2. The first-order chi connectivity index (χ1) is 12.6. The summed E-state index contributed by atoms with van der Waals surface area (Å²) >= 11 is 0. The van der Waals surface area contributed by atoms with Crippen LogP contribution >= 0.6 is 0 Å². The number of pyridine rings is 1. The molecule has 0 aliphatic rings. The fourth-order valence-corrected chi connectivity index (χ4v) is 2.51. The third kappa shape index (κ3) is 5.05. The Balaban J connectivity index is 2.04. The summed E-state index contributed by atoms with van der Waals surface area (Å²) in [6.07, 6.45) is 3.43. The number of amides is 2. The highest BCUT2D eigenvalue weighted by atomic mass is 16.5. The first-order valence-corrected chi connectivity index (χ1v) is 8.68. The molecule has 0 saturated carbocycles. The van der Waals surface area contributed by atoms with Gasteiger partial charge in [0, 0.05) is 37.5 Å². The zero-order chi connectivity index (χ0) is 18.9. The predicted octanol–water partition coefficient (Wildman–Crippen LogP) is 2.89. The zero-order valence-electron chi connectivity index (χ0n) is 15.5. The van der Waals surface area contributed by atoms with E-state index >= 15 is 0 Å². The second kappa shape index (κ2) is 9.56. The number of ether oxygens (including phenoxy) is 1. The number of aromatic nitrogens is 1. The molecule has 0 saturated heterocycles. The standard InChI is InChI=1S/C20H25N3O3/c1-4-5-12-23(2)20(25)17-13-15(10-11-21-17)19(24)22-14-16-8-6-7-9-18(16)26-3/h6-11,13H,4-5,12,14H2,1-3H3,(H,22,24). The van der Waals surface area contributed by atoms with Crippen LogP contribution in [0.2, 0.25) is 0 Å². The Bertz CT molecular complexity index is 761. The van der Waals surface area contributed by atoms with Gasteiger partial charge >= 0.3 is 0 Å². The van der Waals surface area contributed by atoms with Gasteiger partial charge < -0.3 is 15.0 Å². The van der Waals surface area contributed by atoms with E-state index in [4.69, 9.17) is 4.74 Å². The van der Waals surface area contributed by atoms with Crippen molar-refractivity contribution < 1.29 is 14.3 Å². The van der Waals surface area contributed by atoms with Crippen LogP contribution in [-0.2, 0) is 6.54 Å². The van der Waals surface area contributed by atoms with Crippen LogP contribution in [0.25, 0.3) is 0 Å². The Hall–Kier alpha value is -2.89. The third-order valence-corrected chi connectivity index (χ3v) is 4.07. The number of methoxy groups -OCH3 is 1. The fourth-order valence-electron chi connectivity index (χ4n) is 2.51. The van der Waals surface area contributed by atoms with E-state index in [1.165, 1.54) is 12.3 Å². The van der Waals surface area contributed by atoms with Gasteiger partial charge in [-0.2, -0.15) is 0 Å². The van der Waals surface area contributed by atoms with Gasteiger partial charge in [-0.05, 0) is 24.6 Å². The lowest BCUT2D eigenvalue weighted by Gasteiger charge is -2.16. The molecule has 6 heteroatoms. The maximum atomic E-state index is 12.4. The van der Waals surface area contributed by atoms with Gasteiger partial charge in [-0.15, -0.1) is 0 Å². The van der Waals surface area contributed by atoms with Crippen molar-refractivity contribution in [2.24, 2.45) is 0 Å². The van der Waals surface area contributed by atoms with Crippen molar-refractivity contribution in [1.82, 2.24) is 15.2 Å². The van der Waals surface area contributed by atoms with Gasteiger partial charge in [-0.3, -0.25) is 14.6 Å². The normalized spacial score (nSPS) is 10.3. The molecule has 1 N–H and O–H groups in total. The van der Waals surface area contributed by atoms with Crippen molar-refractivity contribution in [3.63, 3.8) is 0 Å². The molecule has 6 nitrogen and oxygen atoms in total. The highest BCUT2D eigenvalue weighted by molar-refractivity contribution is 5.98. The van der Waals surface area contributed by atoms with E-state index in [2.05, 4.69) is 17.2 Å². The molecular formula is C20H25N3O3. The highest BCUT2D eigenvalue weighted by Gasteiger charge is 2.15. The summed E-state index contributed by atoms with van der Waals surface area (Å²) in [4.78, 5) is 30.6. The molecule has 0 fully saturated rings. The maximum absolute atomic E-state index is 12.4. The summed E-state index contributed by atoms with van der Waals surface area (Å²) in [7, 11) is 3.34. The molecule has 0 bridgehead atoms. The lowest BCUT2D eigenvalue weighted by atomic mass is 10.1. The van der Waals surface area contributed by atoms with E-state index in [-0.39, 0.29) is 17.5 Å². The Labute approximate surface area is 154 Å². The quantitative estimate of drug-likeness (QED) is 0.790. The van der Waals surface area contributed by atoms with Gasteiger partial charge in [0.05, 0.1) is 7.11 Å². The lowest BCUT2D eigenvalue weighted by molar-refractivity contribution is 0.0787. The summed E-state index contributed by atoms with van der Waals surface area (Å²) < 4.78 is 5.28. The number of unbranched alkanes of at least 4 members (excludes halogenated alkanes) is 1. The summed E-state index contributed by atoms with van der Waals surface area (Å²) in [5, 5.41) is 2.85. The summed E-state index contributed by atoms with van der Waals surface area (Å²) in [6, 6.07) is 10.6. The lowest BCUT2D eigenvalue weighted by Crippen LogP contribution is -2.29. The van der Waals surface area contributed by atoms with Crippen LogP contribution < -0.4 is 10.1 Å². The van der Waals surface area contributed by atoms with Crippen molar-refractivity contribution in [2.45, 2.75) is 26.3 Å². The van der Waals surface area contributed by atoms with E-state index in [1.807, 2.05) is 24.3 Å². The Morgan fingerprint density at radius 2 is 2.00 bits per heavy atom. The smallest absolute Gasteiger partial charge is 0.272 e. The summed E-state index contributed by atoms with van der Waals surface area (Å²) in [6.45, 7) is 3.08. The topological polar surface area (TPSA) is 71.5 Å². The van der Waals surface area contributed by atoms with E-state index in [9.17, 15) is 9.59 Å². The SMILES string of the molecule is CCCCN(C)C(=O)c1cc(C(=O)NCc2ccccc2OC)ccn1. The van der Waals surface area contributed by atoms with Gasteiger partial charge in [0.1, 0.15) is 11.4 Å². The molecule has 138 valence electrons. The van der Waals surface area contributed by atoms with Crippen molar-refractivity contribution in [2.75, 3.05) is 20.7 Å². The third-order valence-electron chi connectivity index (χ3n) is 4.07. The minimum Gasteiger partial charge on any atom is -0.496 e. The van der Waals surface area contributed by atoms with Crippen LogP contribution in [0.1, 0.15) is 46.2 Å². The molecule has 0 aliphatic carbocycles. The molecule has 1 heterocycles. The van der Waals surface area contributed by atoms with E-state index < -0.39 is 0 Å². The van der Waals surface area contributed by atoms with Crippen molar-refractivity contribution in [3.8, 4) is 5.75 Å². The van der Waals surface area contributed by atoms with Gasteiger partial charge in [-0.25, -0.2) is 0 Å². The average molecular weight is 355 g/mol. The number of hydrogen-bond acceptors (Lipinski definition) is 4. The number of carbonyl (C=O) groups excluding carboxylic acids is 2. The highest BCUT2D eigenvalue weighted by Crippen LogP contribution is 2.17. The maximum Gasteiger partial charge on any atom is 0.272 e. The van der Waals surface area contributed by atoms with Crippen LogP contribution in [0, 0.1) is 0 Å². The minimum absolute atomic E-state index is 0.183. The molecule has 0 radical (unpaired) electrons. The molecule has 0 spiro atoms. The molecule has 26 heavy (non-hydrogen) atoms. The number of para-hydroxylation sites is 1. The van der Waals surface area contributed by atoms with Gasteiger partial charge in [0.2, 0.25) is 0 Å². The average Bonchev–Trinajstić information content (AvgIpc) is 2.69. The number of benzene rings is 1. The Morgan fingerprint density at radius 3 is 2.73 bits per heavy atom. The minimum atomic E-state index is -0.261. The molecule has 2 rings (SSSR count). The van der Waals surface area contributed by atoms with Gasteiger partial charge in [-0.1, -0.05) is 31.5 Å². The van der Waals surface area contributed by atoms with Gasteiger partial charge in [0.25, 0.3) is 11.8 Å². The van der Waals surface area contributed by atoms with Crippen molar-refractivity contribution >= 4 is 11.8 Å². The zero-order valence-corrected chi connectivity index (χ0v) is 15.5. The summed E-state index contributed by atoms with van der Waals surface area (Å²) in [5.41, 5.74) is 1.56. The molecule has 2 aromatic rings. The molecule has 0 atom stereocenters. The van der Waals surface area contributed by atoms with Crippen LogP contribution in [0.3, 0.4) is 0 Å². The Morgan fingerprint density at radius 1 is 1.23 bits per heavy atom. The van der Waals surface area contributed by atoms with Crippen LogP contribution in [0.4, 0.5) is 0 Å². The Kier molecular flexibility index (Phi) is 7.14. The van der Waals surface area contributed by atoms with Crippen LogP contribution in [0.5, 0.6) is 5.75 Å². The second-order valence-corrected chi connectivity index (χ2v) is 6.00. The van der Waals surface area contributed by atoms with Gasteiger partial charge in [0.15, 0.2) is 0 Å². The second-order valence-electron chi connectivity index (χ2n) is 6.00. The van der Waals surface area contributed by atoms with Crippen LogP contribution in [-0.4, -0.2) is 42.4 Å². The number of hydrogen-bond donors (Lipinski definition) is 1. The number of nitrogens with zero attached hydrogens (tertiary/aromatic N) is 2. The molecule has 2 amide bonds. The molecule has 0 unspecified atom stereocenters. The first-order valence-electron chi connectivity index (χ1n) is 8.68. The summed E-state index contributed by atoms with van der Waals surface area (Å²) in [5.74, 6) is 0.275. The fraction of sp³-hybridized carbons (Fsp3) is 0.350. The molecule has 1 aromatic heterocycles. The number of nitrogens with one attached hydrogen (secondary N) is 1. The van der Waals surface area contributed by atoms with E-state index in [0.717, 1.165) is 24.2 Å². The van der Waals surface area contributed by atoms with Crippen molar-refractivity contribution in [3.05, 3.63) is 59.4 Å². The predicted molar refractivity (Wildman–Crippen MR) is 100 cm³/mol. The monoisotopic (exact) mass is 355 g/mol. The molecule has 0 aliphatic heterocycles. The largest absolute Gasteiger partial charge is 0.496 e. The van der Waals surface area contributed by atoms with Crippen LogP contribution in [0.15, 0.2) is 42.6 Å². The number of rotatable bonds is 8. The van der Waals surface area contributed by atoms with E-state index in [1.54, 1.807) is 25.1 Å². The van der Waals surface area contributed by atoms with Crippen molar-refractivity contribution in [1.29, 1.82) is 0 Å².